The molecule has 0 spiro atoms. The largest absolute Gasteiger partial charge is 0.504 e. The van der Waals surface area contributed by atoms with Crippen LogP contribution in [-0.4, -0.2) is 30.2 Å². The number of benzene rings is 2. The summed E-state index contributed by atoms with van der Waals surface area (Å²) in [5.41, 5.74) is 1.89. The molecule has 3 rings (SSSR count). The number of phenolic OH excluding ortho intramolecular Hbond substituents is 2. The number of ketones is 1. The van der Waals surface area contributed by atoms with Crippen molar-refractivity contribution >= 4 is 5.78 Å². The molecule has 0 heterocycles. The summed E-state index contributed by atoms with van der Waals surface area (Å²) in [6.07, 6.45) is 6.22. The van der Waals surface area contributed by atoms with Gasteiger partial charge in [0.05, 0.1) is 14.2 Å². The maximum absolute atomic E-state index is 13.3. The smallest absolute Gasteiger partial charge is 0.160 e. The fraction of sp³-hybridized carbons (Fsp3) is 0.458. The Hall–Kier alpha value is -2.69. The maximum atomic E-state index is 13.3. The Balaban J connectivity index is 1.75. The lowest BCUT2D eigenvalue weighted by atomic mass is 9.78. The number of hydrogen-bond acceptors (Lipinski definition) is 5. The molecule has 1 aliphatic rings. The summed E-state index contributed by atoms with van der Waals surface area (Å²) in [6.45, 7) is 0. The van der Waals surface area contributed by atoms with Crippen LogP contribution in [0.15, 0.2) is 36.4 Å². The minimum absolute atomic E-state index is 0.0556. The summed E-state index contributed by atoms with van der Waals surface area (Å²) >= 11 is 0. The molecule has 2 aromatic carbocycles. The van der Waals surface area contributed by atoms with Gasteiger partial charge in [0.1, 0.15) is 5.78 Å². The number of ether oxygens (including phenoxy) is 2. The van der Waals surface area contributed by atoms with Crippen LogP contribution in [0.4, 0.5) is 0 Å². The molecule has 5 nitrogen and oxygen atoms in total. The molecular formula is C24H30O5. The Morgan fingerprint density at radius 1 is 0.793 bits per heavy atom. The van der Waals surface area contributed by atoms with E-state index < -0.39 is 0 Å². The van der Waals surface area contributed by atoms with Gasteiger partial charge in [-0.1, -0.05) is 31.4 Å². The van der Waals surface area contributed by atoms with Crippen LogP contribution in [-0.2, 0) is 17.6 Å². The Kier molecular flexibility index (Phi) is 7.02. The van der Waals surface area contributed by atoms with Gasteiger partial charge in [-0.25, -0.2) is 0 Å². The third kappa shape index (κ3) is 5.22. The first-order valence-corrected chi connectivity index (χ1v) is 10.3. The lowest BCUT2D eigenvalue weighted by Gasteiger charge is -2.26. The molecule has 1 saturated carbocycles. The number of carbonyl (C=O) groups is 1. The molecule has 156 valence electrons. The zero-order chi connectivity index (χ0) is 20.8. The molecule has 29 heavy (non-hydrogen) atoms. The van der Waals surface area contributed by atoms with Crippen molar-refractivity contribution in [3.63, 3.8) is 0 Å². The van der Waals surface area contributed by atoms with Crippen molar-refractivity contribution in [2.45, 2.75) is 44.9 Å². The first kappa shape index (κ1) is 21.0. The molecule has 0 saturated heterocycles. The van der Waals surface area contributed by atoms with Crippen molar-refractivity contribution in [2.75, 3.05) is 14.2 Å². The summed E-state index contributed by atoms with van der Waals surface area (Å²) in [5.74, 6) is 1.27. The third-order valence-electron chi connectivity index (χ3n) is 5.86. The van der Waals surface area contributed by atoms with Gasteiger partial charge < -0.3 is 19.7 Å². The van der Waals surface area contributed by atoms with Crippen LogP contribution in [0.1, 0.15) is 43.2 Å². The molecule has 2 N–H and O–H groups in total. The first-order valence-electron chi connectivity index (χ1n) is 10.3. The van der Waals surface area contributed by atoms with E-state index in [-0.39, 0.29) is 29.1 Å². The van der Waals surface area contributed by atoms with E-state index in [0.29, 0.717) is 24.3 Å². The van der Waals surface area contributed by atoms with Crippen LogP contribution in [0.2, 0.25) is 0 Å². The maximum Gasteiger partial charge on any atom is 0.160 e. The molecule has 0 aliphatic heterocycles. The molecule has 0 bridgehead atoms. The highest BCUT2D eigenvalue weighted by atomic mass is 16.5. The van der Waals surface area contributed by atoms with Gasteiger partial charge in [0.25, 0.3) is 0 Å². The van der Waals surface area contributed by atoms with Crippen LogP contribution in [0.25, 0.3) is 0 Å². The molecule has 1 aliphatic carbocycles. The summed E-state index contributed by atoms with van der Waals surface area (Å²) in [5, 5.41) is 20.1. The van der Waals surface area contributed by atoms with Gasteiger partial charge in [-0.15, -0.1) is 0 Å². The summed E-state index contributed by atoms with van der Waals surface area (Å²) in [6, 6.07) is 10.7. The van der Waals surface area contributed by atoms with E-state index in [4.69, 9.17) is 9.47 Å². The van der Waals surface area contributed by atoms with Gasteiger partial charge >= 0.3 is 0 Å². The predicted molar refractivity (Wildman–Crippen MR) is 112 cm³/mol. The Morgan fingerprint density at radius 3 is 1.62 bits per heavy atom. The highest BCUT2D eigenvalue weighted by molar-refractivity contribution is 5.84. The van der Waals surface area contributed by atoms with Crippen molar-refractivity contribution in [3.8, 4) is 23.0 Å². The Morgan fingerprint density at radius 2 is 1.24 bits per heavy atom. The zero-order valence-corrected chi connectivity index (χ0v) is 17.2. The lowest BCUT2D eigenvalue weighted by molar-refractivity contribution is -0.127. The van der Waals surface area contributed by atoms with E-state index in [1.807, 2.05) is 12.1 Å². The van der Waals surface area contributed by atoms with Gasteiger partial charge in [-0.2, -0.15) is 0 Å². The second-order valence-corrected chi connectivity index (χ2v) is 7.85. The molecule has 0 amide bonds. The summed E-state index contributed by atoms with van der Waals surface area (Å²) in [4.78, 5) is 13.3. The van der Waals surface area contributed by atoms with Crippen LogP contribution in [0.5, 0.6) is 23.0 Å². The van der Waals surface area contributed by atoms with E-state index in [9.17, 15) is 15.0 Å². The zero-order valence-electron chi connectivity index (χ0n) is 17.2. The Bertz CT molecular complexity index is 778. The van der Waals surface area contributed by atoms with Crippen LogP contribution in [0.3, 0.4) is 0 Å². The average Bonchev–Trinajstić information content (AvgIpc) is 2.70. The normalized spacial score (nSPS) is 20.0. The van der Waals surface area contributed by atoms with E-state index in [1.54, 1.807) is 24.3 Å². The fourth-order valence-corrected chi connectivity index (χ4v) is 4.28. The molecule has 2 unspecified atom stereocenters. The van der Waals surface area contributed by atoms with Crippen LogP contribution >= 0.6 is 0 Å². The first-order chi connectivity index (χ1) is 14.0. The number of hydrogen-bond donors (Lipinski definition) is 2. The van der Waals surface area contributed by atoms with Gasteiger partial charge in [0.2, 0.25) is 0 Å². The van der Waals surface area contributed by atoms with Crippen molar-refractivity contribution in [1.29, 1.82) is 0 Å². The number of Topliss-reactive ketones (excluding diaryl/α,β-unsaturated/α-hetero) is 1. The molecule has 1 fully saturated rings. The number of carbonyl (C=O) groups excluding carboxylic acids is 1. The SMILES string of the molecule is COc1ccc(CC2CCCCCC(Cc3ccc(OC)c(O)c3)C2=O)cc1O. The molecule has 2 aromatic rings. The molecular weight excluding hydrogens is 368 g/mol. The molecule has 5 heteroatoms. The molecule has 0 radical (unpaired) electrons. The van der Waals surface area contributed by atoms with E-state index in [0.717, 1.165) is 43.2 Å². The quantitative estimate of drug-likeness (QED) is 0.740. The number of methoxy groups -OCH3 is 2. The van der Waals surface area contributed by atoms with Crippen LogP contribution < -0.4 is 9.47 Å². The van der Waals surface area contributed by atoms with Crippen molar-refractivity contribution in [3.05, 3.63) is 47.5 Å². The number of rotatable bonds is 6. The van der Waals surface area contributed by atoms with E-state index >= 15 is 0 Å². The summed E-state index contributed by atoms with van der Waals surface area (Å²) in [7, 11) is 3.04. The number of aromatic hydroxyl groups is 2. The van der Waals surface area contributed by atoms with E-state index in [1.165, 1.54) is 14.2 Å². The third-order valence-corrected chi connectivity index (χ3v) is 5.86. The van der Waals surface area contributed by atoms with Gasteiger partial charge in [0.15, 0.2) is 23.0 Å². The topological polar surface area (TPSA) is 76.0 Å². The fourth-order valence-electron chi connectivity index (χ4n) is 4.28. The highest BCUT2D eigenvalue weighted by Gasteiger charge is 2.29. The molecule has 0 aromatic heterocycles. The molecule has 2 atom stereocenters. The second-order valence-electron chi connectivity index (χ2n) is 7.85. The van der Waals surface area contributed by atoms with E-state index in [2.05, 4.69) is 0 Å². The standard InChI is InChI=1S/C24H30O5/c1-28-22-10-8-16(14-20(22)25)12-18-6-4-3-5-7-19(24(18)27)13-17-9-11-23(29-2)21(26)15-17/h8-11,14-15,18-19,25-26H,3-7,12-13H2,1-2H3. The minimum Gasteiger partial charge on any atom is -0.504 e. The monoisotopic (exact) mass is 398 g/mol. The highest BCUT2D eigenvalue weighted by Crippen LogP contribution is 2.33. The van der Waals surface area contributed by atoms with Gasteiger partial charge in [-0.05, 0) is 61.1 Å². The van der Waals surface area contributed by atoms with Crippen molar-refractivity contribution in [2.24, 2.45) is 11.8 Å². The van der Waals surface area contributed by atoms with Gasteiger partial charge in [-0.3, -0.25) is 4.79 Å². The minimum atomic E-state index is -0.0556. The predicted octanol–water partition coefficient (Wildman–Crippen LogP) is 4.67. The lowest BCUT2D eigenvalue weighted by Crippen LogP contribution is -2.28. The Labute approximate surface area is 172 Å². The average molecular weight is 398 g/mol. The van der Waals surface area contributed by atoms with Gasteiger partial charge in [0, 0.05) is 11.8 Å². The summed E-state index contributed by atoms with van der Waals surface area (Å²) < 4.78 is 10.2. The number of phenols is 2. The van der Waals surface area contributed by atoms with Crippen molar-refractivity contribution in [1.82, 2.24) is 0 Å². The van der Waals surface area contributed by atoms with Crippen LogP contribution in [0, 0.1) is 11.8 Å². The second kappa shape index (κ2) is 9.68. The van der Waals surface area contributed by atoms with Crippen molar-refractivity contribution < 1.29 is 24.5 Å².